The molecule has 0 aliphatic rings. The predicted octanol–water partition coefficient (Wildman–Crippen LogP) is 0.671. The van der Waals surface area contributed by atoms with Gasteiger partial charge in [0.2, 0.25) is 0 Å². The van der Waals surface area contributed by atoms with Crippen LogP contribution in [-0.2, 0) is 6.54 Å². The van der Waals surface area contributed by atoms with Crippen molar-refractivity contribution in [2.24, 2.45) is 0 Å². The van der Waals surface area contributed by atoms with Crippen molar-refractivity contribution < 1.29 is 0 Å². The van der Waals surface area contributed by atoms with Gasteiger partial charge in [-0.2, -0.15) is 0 Å². The number of aryl methyl sites for hydroxylation is 1. The Morgan fingerprint density at radius 2 is 2.60 bits per heavy atom. The lowest BCUT2D eigenvalue weighted by molar-refractivity contribution is 0.757. The van der Waals surface area contributed by atoms with E-state index in [0.29, 0.717) is 6.54 Å². The summed E-state index contributed by atoms with van der Waals surface area (Å²) in [6, 6.07) is 0. The maximum atomic E-state index is 10.9. The highest BCUT2D eigenvalue weighted by atomic mass is 16.1. The van der Waals surface area contributed by atoms with Crippen molar-refractivity contribution in [3.63, 3.8) is 0 Å². The molecule has 0 saturated heterocycles. The van der Waals surface area contributed by atoms with Gasteiger partial charge in [-0.05, 0) is 6.92 Å². The summed E-state index contributed by atoms with van der Waals surface area (Å²) in [5.74, 6) is 0. The third-order valence-electron chi connectivity index (χ3n) is 1.39. The second-order valence-electron chi connectivity index (χ2n) is 2.13. The molecule has 0 amide bonds. The molecule has 3 heteroatoms. The Kier molecular flexibility index (Phi) is 1.76. The molecule has 54 valence electrons. The zero-order valence-electron chi connectivity index (χ0n) is 5.92. The molecule has 3 nitrogen and oxygen atoms in total. The number of imidazole rings is 1. The largest absolute Gasteiger partial charge is 0.325 e. The molecule has 10 heavy (non-hydrogen) atoms. The Hall–Kier alpha value is -1.25. The summed E-state index contributed by atoms with van der Waals surface area (Å²) in [7, 11) is 0. The van der Waals surface area contributed by atoms with Crippen LogP contribution >= 0.6 is 0 Å². The van der Waals surface area contributed by atoms with E-state index < -0.39 is 0 Å². The molecule has 0 radical (unpaired) electrons. The maximum absolute atomic E-state index is 10.9. The quantitative estimate of drug-likeness (QED) is 0.599. The number of rotatable bonds is 2. The molecule has 0 unspecified atom stereocenters. The van der Waals surface area contributed by atoms with Gasteiger partial charge < -0.3 is 4.98 Å². The van der Waals surface area contributed by atoms with Gasteiger partial charge in [0, 0.05) is 18.4 Å². The molecular weight excluding hydrogens is 128 g/mol. The Morgan fingerprint density at radius 3 is 3.00 bits per heavy atom. The Morgan fingerprint density at radius 1 is 1.90 bits per heavy atom. The molecule has 0 atom stereocenters. The summed E-state index contributed by atoms with van der Waals surface area (Å²) in [5.41, 5.74) is 0.863. The van der Waals surface area contributed by atoms with Gasteiger partial charge in [0.25, 0.3) is 0 Å². The van der Waals surface area contributed by atoms with E-state index in [4.69, 9.17) is 0 Å². The Bertz CT molecular complexity index is 282. The monoisotopic (exact) mass is 138 g/mol. The van der Waals surface area contributed by atoms with Crippen molar-refractivity contribution in [2.45, 2.75) is 13.5 Å². The van der Waals surface area contributed by atoms with E-state index in [1.807, 2.05) is 6.92 Å². The molecular formula is C7H10N2O. The number of nitrogens with one attached hydrogen (secondary N) is 1. The molecule has 0 spiro atoms. The zero-order chi connectivity index (χ0) is 7.56. The van der Waals surface area contributed by atoms with Crippen LogP contribution in [0.5, 0.6) is 0 Å². The molecule has 0 aliphatic heterocycles. The highest BCUT2D eigenvalue weighted by Crippen LogP contribution is 1.89. The maximum Gasteiger partial charge on any atom is 0.325 e. The van der Waals surface area contributed by atoms with Crippen LogP contribution in [0, 0.1) is 6.92 Å². The van der Waals surface area contributed by atoms with Gasteiger partial charge in [0.1, 0.15) is 0 Å². The molecule has 1 N–H and O–H groups in total. The first-order chi connectivity index (χ1) is 4.75. The highest BCUT2D eigenvalue weighted by molar-refractivity contribution is 4.95. The normalized spacial score (nSPS) is 9.70. The van der Waals surface area contributed by atoms with Gasteiger partial charge >= 0.3 is 5.69 Å². The van der Waals surface area contributed by atoms with Crippen LogP contribution in [0.25, 0.3) is 0 Å². The summed E-state index contributed by atoms with van der Waals surface area (Å²) in [6.07, 6.45) is 3.38. The third-order valence-corrected chi connectivity index (χ3v) is 1.39. The zero-order valence-corrected chi connectivity index (χ0v) is 5.92. The van der Waals surface area contributed by atoms with Crippen molar-refractivity contribution in [2.75, 3.05) is 0 Å². The lowest BCUT2D eigenvalue weighted by atomic mass is 10.5. The van der Waals surface area contributed by atoms with Crippen LogP contribution in [0.4, 0.5) is 0 Å². The molecule has 1 aromatic heterocycles. The van der Waals surface area contributed by atoms with Crippen LogP contribution in [0.1, 0.15) is 5.69 Å². The van der Waals surface area contributed by atoms with E-state index in [1.54, 1.807) is 16.8 Å². The van der Waals surface area contributed by atoms with E-state index in [2.05, 4.69) is 11.6 Å². The first-order valence-electron chi connectivity index (χ1n) is 3.11. The minimum Gasteiger partial charge on any atom is -0.312 e. The van der Waals surface area contributed by atoms with E-state index in [-0.39, 0.29) is 5.69 Å². The Balaban J connectivity index is 3.10. The van der Waals surface area contributed by atoms with Crippen molar-refractivity contribution in [1.82, 2.24) is 9.55 Å². The summed E-state index contributed by atoms with van der Waals surface area (Å²) in [4.78, 5) is 13.5. The number of hydrogen-bond donors (Lipinski definition) is 1. The van der Waals surface area contributed by atoms with Crippen LogP contribution in [-0.4, -0.2) is 9.55 Å². The van der Waals surface area contributed by atoms with Crippen LogP contribution in [0.15, 0.2) is 23.6 Å². The topological polar surface area (TPSA) is 37.8 Å². The van der Waals surface area contributed by atoms with Crippen molar-refractivity contribution in [1.29, 1.82) is 0 Å². The average Bonchev–Trinajstić information content (AvgIpc) is 2.20. The van der Waals surface area contributed by atoms with Crippen LogP contribution < -0.4 is 5.69 Å². The first-order valence-corrected chi connectivity index (χ1v) is 3.11. The number of H-pyrrole nitrogens is 1. The van der Waals surface area contributed by atoms with Crippen LogP contribution in [0.2, 0.25) is 0 Å². The van der Waals surface area contributed by atoms with Gasteiger partial charge in [-0.3, -0.25) is 4.57 Å². The van der Waals surface area contributed by atoms with Gasteiger partial charge in [0.05, 0.1) is 0 Å². The lowest BCUT2D eigenvalue weighted by Gasteiger charge is -1.95. The summed E-state index contributed by atoms with van der Waals surface area (Å²) in [5, 5.41) is 0. The molecule has 1 rings (SSSR count). The molecule has 0 fully saturated rings. The SMILES string of the molecule is C=CCn1c(C)c[nH]c1=O. The fraction of sp³-hybridized carbons (Fsp3) is 0.286. The van der Waals surface area contributed by atoms with Gasteiger partial charge in [0.15, 0.2) is 0 Å². The molecule has 1 aromatic rings. The summed E-state index contributed by atoms with van der Waals surface area (Å²) in [6.45, 7) is 6.00. The minimum atomic E-state index is -0.0719. The molecule has 1 heterocycles. The lowest BCUT2D eigenvalue weighted by Crippen LogP contribution is -2.16. The first kappa shape index (κ1) is 6.86. The smallest absolute Gasteiger partial charge is 0.312 e. The van der Waals surface area contributed by atoms with Gasteiger partial charge in [-0.25, -0.2) is 4.79 Å². The standard InChI is InChI=1S/C7H10N2O/c1-3-4-9-6(2)5-8-7(9)10/h3,5H,1,4H2,2H3,(H,8,10). The molecule has 0 aliphatic carbocycles. The Labute approximate surface area is 59.0 Å². The van der Waals surface area contributed by atoms with Crippen molar-refractivity contribution in [3.8, 4) is 0 Å². The predicted molar refractivity (Wildman–Crippen MR) is 40.0 cm³/mol. The van der Waals surface area contributed by atoms with E-state index in [1.165, 1.54) is 0 Å². The summed E-state index contributed by atoms with van der Waals surface area (Å²) >= 11 is 0. The van der Waals surface area contributed by atoms with E-state index >= 15 is 0 Å². The van der Waals surface area contributed by atoms with Gasteiger partial charge in [-0.1, -0.05) is 6.08 Å². The number of nitrogens with zero attached hydrogens (tertiary/aromatic N) is 1. The summed E-state index contributed by atoms with van der Waals surface area (Å²) < 4.78 is 1.62. The number of hydrogen-bond acceptors (Lipinski definition) is 1. The second kappa shape index (κ2) is 2.56. The molecule has 0 bridgehead atoms. The number of aromatic amines is 1. The van der Waals surface area contributed by atoms with Crippen molar-refractivity contribution in [3.05, 3.63) is 35.0 Å². The average molecular weight is 138 g/mol. The van der Waals surface area contributed by atoms with Gasteiger partial charge in [-0.15, -0.1) is 6.58 Å². The highest BCUT2D eigenvalue weighted by Gasteiger charge is 1.96. The minimum absolute atomic E-state index is 0.0719. The molecule has 0 saturated carbocycles. The molecule has 0 aromatic carbocycles. The fourth-order valence-corrected chi connectivity index (χ4v) is 0.838. The van der Waals surface area contributed by atoms with Crippen molar-refractivity contribution >= 4 is 0 Å². The number of allylic oxidation sites excluding steroid dienone is 1. The second-order valence-corrected chi connectivity index (χ2v) is 2.13. The number of aromatic nitrogens is 2. The fourth-order valence-electron chi connectivity index (χ4n) is 0.838. The van der Waals surface area contributed by atoms with E-state index in [9.17, 15) is 4.79 Å². The van der Waals surface area contributed by atoms with Crippen LogP contribution in [0.3, 0.4) is 0 Å². The third kappa shape index (κ3) is 1.03. The van der Waals surface area contributed by atoms with E-state index in [0.717, 1.165) is 5.69 Å².